The molecule has 2 aliphatic rings. The minimum atomic E-state index is 1.17. The minimum absolute atomic E-state index is 1.17. The van der Waals surface area contributed by atoms with Crippen LogP contribution in [0.25, 0.3) is 0 Å². The molecule has 0 atom stereocenters. The summed E-state index contributed by atoms with van der Waals surface area (Å²) >= 11 is 1.90. The fourth-order valence-corrected chi connectivity index (χ4v) is 3.32. The Morgan fingerprint density at radius 1 is 1.13 bits per heavy atom. The number of benzene rings is 1. The van der Waals surface area contributed by atoms with Gasteiger partial charge in [-0.1, -0.05) is 36.0 Å². The molecule has 0 saturated carbocycles. The van der Waals surface area contributed by atoms with Crippen molar-refractivity contribution in [2.45, 2.75) is 17.7 Å². The molecule has 0 fully saturated rings. The van der Waals surface area contributed by atoms with E-state index in [1.54, 1.807) is 0 Å². The third-order valence-electron chi connectivity index (χ3n) is 2.89. The summed E-state index contributed by atoms with van der Waals surface area (Å²) in [7, 11) is 2.16. The maximum atomic E-state index is 2.35. The zero-order valence-electron chi connectivity index (χ0n) is 8.73. The van der Waals surface area contributed by atoms with E-state index in [0.29, 0.717) is 0 Å². The number of anilines is 1. The molecule has 0 amide bonds. The fraction of sp³-hybridized carbons (Fsp3) is 0.231. The highest BCUT2D eigenvalue weighted by Crippen LogP contribution is 2.46. The lowest BCUT2D eigenvalue weighted by Crippen LogP contribution is -2.22. The monoisotopic (exact) mass is 215 g/mol. The molecule has 1 aromatic rings. The Balaban J connectivity index is 2.14. The van der Waals surface area contributed by atoms with Crippen molar-refractivity contribution < 1.29 is 0 Å². The Hall–Kier alpha value is -1.15. The number of fused-ring (bicyclic) bond motifs is 2. The van der Waals surface area contributed by atoms with E-state index in [0.717, 1.165) is 0 Å². The number of nitrogens with zero attached hydrogens (tertiary/aromatic N) is 1. The van der Waals surface area contributed by atoms with Gasteiger partial charge in [0.15, 0.2) is 0 Å². The molecule has 76 valence electrons. The molecule has 0 spiro atoms. The molecular formula is C13H13NS. The summed E-state index contributed by atoms with van der Waals surface area (Å²) in [5, 5.41) is 0. The van der Waals surface area contributed by atoms with Crippen molar-refractivity contribution >= 4 is 17.4 Å². The van der Waals surface area contributed by atoms with Gasteiger partial charge in [-0.15, -0.1) is 0 Å². The highest BCUT2D eigenvalue weighted by Gasteiger charge is 2.23. The Labute approximate surface area is 94.5 Å². The van der Waals surface area contributed by atoms with Crippen molar-refractivity contribution in [1.29, 1.82) is 0 Å². The fourth-order valence-electron chi connectivity index (χ4n) is 2.10. The summed E-state index contributed by atoms with van der Waals surface area (Å²) in [6.07, 6.45) is 7.05. The second-order valence-electron chi connectivity index (χ2n) is 3.86. The van der Waals surface area contributed by atoms with Crippen LogP contribution in [0.3, 0.4) is 0 Å². The average Bonchev–Trinajstić information content (AvgIpc) is 2.30. The smallest absolute Gasteiger partial charge is 0.0550 e. The zero-order chi connectivity index (χ0) is 10.3. The van der Waals surface area contributed by atoms with Gasteiger partial charge in [-0.3, -0.25) is 0 Å². The van der Waals surface area contributed by atoms with Crippen LogP contribution in [-0.4, -0.2) is 7.05 Å². The highest BCUT2D eigenvalue weighted by atomic mass is 32.2. The predicted octanol–water partition coefficient (Wildman–Crippen LogP) is 3.79. The Kier molecular flexibility index (Phi) is 2.10. The van der Waals surface area contributed by atoms with E-state index in [2.05, 4.69) is 48.4 Å². The van der Waals surface area contributed by atoms with Gasteiger partial charge >= 0.3 is 0 Å². The summed E-state index contributed by atoms with van der Waals surface area (Å²) in [6, 6.07) is 8.60. The van der Waals surface area contributed by atoms with E-state index in [1.807, 2.05) is 11.8 Å². The Morgan fingerprint density at radius 2 is 1.93 bits per heavy atom. The number of thioether (sulfide) groups is 1. The van der Waals surface area contributed by atoms with Gasteiger partial charge in [0.2, 0.25) is 0 Å². The van der Waals surface area contributed by atoms with Gasteiger partial charge in [0.05, 0.1) is 11.4 Å². The molecule has 1 nitrogen and oxygen atoms in total. The van der Waals surface area contributed by atoms with Crippen molar-refractivity contribution in [3.8, 4) is 0 Å². The molecule has 0 bridgehead atoms. The largest absolute Gasteiger partial charge is 0.343 e. The zero-order valence-corrected chi connectivity index (χ0v) is 9.55. The van der Waals surface area contributed by atoms with E-state index in [4.69, 9.17) is 0 Å². The molecule has 3 rings (SSSR count). The number of allylic oxidation sites excluding steroid dienone is 2. The number of likely N-dealkylation sites (N-methyl/N-ethyl adjacent to an activating group) is 1. The van der Waals surface area contributed by atoms with Crippen molar-refractivity contribution in [2.75, 3.05) is 11.9 Å². The lowest BCUT2D eigenvalue weighted by Gasteiger charge is -2.33. The third kappa shape index (κ3) is 1.40. The van der Waals surface area contributed by atoms with Gasteiger partial charge in [-0.25, -0.2) is 0 Å². The van der Waals surface area contributed by atoms with Crippen molar-refractivity contribution in [1.82, 2.24) is 0 Å². The molecule has 2 heteroatoms. The maximum Gasteiger partial charge on any atom is 0.0550 e. The molecule has 1 aliphatic heterocycles. The van der Waals surface area contributed by atoms with Gasteiger partial charge in [0.25, 0.3) is 0 Å². The molecule has 1 heterocycles. The number of para-hydroxylation sites is 1. The van der Waals surface area contributed by atoms with Crippen LogP contribution in [0.5, 0.6) is 0 Å². The Morgan fingerprint density at radius 3 is 2.87 bits per heavy atom. The Bertz CT molecular complexity index is 459. The SMILES string of the molecule is CN1C2=CCCC=C2Sc2ccccc21. The first-order valence-electron chi connectivity index (χ1n) is 5.27. The second-order valence-corrected chi connectivity index (χ2v) is 4.95. The van der Waals surface area contributed by atoms with Gasteiger partial charge in [0.1, 0.15) is 0 Å². The van der Waals surface area contributed by atoms with Crippen LogP contribution in [-0.2, 0) is 0 Å². The maximum absolute atomic E-state index is 2.35. The van der Waals surface area contributed by atoms with Gasteiger partial charge < -0.3 is 4.90 Å². The normalized spacial score (nSPS) is 18.9. The standard InChI is InChI=1S/C13H13NS/c1-14-10-6-2-4-8-12(10)15-13-9-5-3-7-11(13)14/h2,4,6-9H,3,5H2,1H3. The van der Waals surface area contributed by atoms with Crippen LogP contribution >= 0.6 is 11.8 Å². The highest BCUT2D eigenvalue weighted by molar-refractivity contribution is 8.03. The summed E-state index contributed by atoms with van der Waals surface area (Å²) < 4.78 is 0. The van der Waals surface area contributed by atoms with Crippen molar-refractivity contribution in [3.05, 3.63) is 47.0 Å². The van der Waals surface area contributed by atoms with E-state index in [-0.39, 0.29) is 0 Å². The van der Waals surface area contributed by atoms with E-state index < -0.39 is 0 Å². The second kappa shape index (κ2) is 3.46. The number of rotatable bonds is 0. The molecule has 1 aliphatic carbocycles. The van der Waals surface area contributed by atoms with Crippen LogP contribution < -0.4 is 4.90 Å². The molecule has 0 radical (unpaired) electrons. The minimum Gasteiger partial charge on any atom is -0.343 e. The van der Waals surface area contributed by atoms with Crippen molar-refractivity contribution in [2.24, 2.45) is 0 Å². The molecule has 0 N–H and O–H groups in total. The van der Waals surface area contributed by atoms with Crippen molar-refractivity contribution in [3.63, 3.8) is 0 Å². The number of hydrogen-bond acceptors (Lipinski definition) is 2. The topological polar surface area (TPSA) is 3.24 Å². The quantitative estimate of drug-likeness (QED) is 0.647. The lowest BCUT2D eigenvalue weighted by molar-refractivity contribution is 0.965. The molecular weight excluding hydrogens is 202 g/mol. The predicted molar refractivity (Wildman–Crippen MR) is 66.1 cm³/mol. The molecule has 0 saturated heterocycles. The summed E-state index contributed by atoms with van der Waals surface area (Å²) in [4.78, 5) is 5.09. The van der Waals surface area contributed by atoms with E-state index in [9.17, 15) is 0 Å². The van der Waals surface area contributed by atoms with Crippen LogP contribution in [0.2, 0.25) is 0 Å². The average molecular weight is 215 g/mol. The first kappa shape index (κ1) is 9.10. The van der Waals surface area contributed by atoms with Gasteiger partial charge in [-0.05, 0) is 25.0 Å². The van der Waals surface area contributed by atoms with E-state index in [1.165, 1.54) is 34.0 Å². The van der Waals surface area contributed by atoms with Gasteiger partial charge in [0, 0.05) is 16.8 Å². The van der Waals surface area contributed by atoms with Gasteiger partial charge in [-0.2, -0.15) is 0 Å². The molecule has 1 aromatic carbocycles. The lowest BCUT2D eigenvalue weighted by atomic mass is 10.1. The summed E-state index contributed by atoms with van der Waals surface area (Å²) in [6.45, 7) is 0. The van der Waals surface area contributed by atoms with Crippen LogP contribution in [0, 0.1) is 0 Å². The summed E-state index contributed by atoms with van der Waals surface area (Å²) in [5.74, 6) is 0. The number of hydrogen-bond donors (Lipinski definition) is 0. The first-order valence-corrected chi connectivity index (χ1v) is 6.09. The third-order valence-corrected chi connectivity index (χ3v) is 4.06. The molecule has 0 aromatic heterocycles. The van der Waals surface area contributed by atoms with E-state index >= 15 is 0 Å². The molecule has 15 heavy (non-hydrogen) atoms. The summed E-state index contributed by atoms with van der Waals surface area (Å²) in [5.41, 5.74) is 2.71. The van der Waals surface area contributed by atoms with Crippen LogP contribution in [0.1, 0.15) is 12.8 Å². The van der Waals surface area contributed by atoms with Crippen LogP contribution in [0.15, 0.2) is 51.9 Å². The van der Waals surface area contributed by atoms with Crippen LogP contribution in [0.4, 0.5) is 5.69 Å². The molecule has 0 unspecified atom stereocenters. The first-order chi connectivity index (χ1) is 7.36.